The van der Waals surface area contributed by atoms with Crippen molar-refractivity contribution < 1.29 is 14.6 Å². The number of pyridine rings is 1. The molecule has 2 atom stereocenters. The molecule has 1 aromatic heterocycles. The van der Waals surface area contributed by atoms with Crippen molar-refractivity contribution >= 4 is 5.97 Å². The number of carbonyl (C=O) groups is 1. The molecule has 4 heteroatoms. The van der Waals surface area contributed by atoms with E-state index in [9.17, 15) is 9.90 Å². The maximum atomic E-state index is 11.4. The Morgan fingerprint density at radius 3 is 2.85 bits per heavy atom. The fourth-order valence-electron chi connectivity index (χ4n) is 3.05. The number of rotatable bonds is 4. The van der Waals surface area contributed by atoms with Crippen LogP contribution in [-0.4, -0.2) is 22.2 Å². The highest BCUT2D eigenvalue weighted by molar-refractivity contribution is 5.92. The van der Waals surface area contributed by atoms with Crippen LogP contribution in [0.2, 0.25) is 0 Å². The minimum Gasteiger partial charge on any atom is -0.489 e. The zero-order valence-electron chi connectivity index (χ0n) is 12.5. The third-order valence-corrected chi connectivity index (χ3v) is 4.11. The standard InChI is InChI=1S/C16H23NO3/c1-4-12-6-5-7-13(9-12)20-14-8-10(2)17-11(3)15(14)16(18)19/h8,12-13H,4-7,9H2,1-3H3,(H,18,19). The Kier molecular flexibility index (Phi) is 4.63. The van der Waals surface area contributed by atoms with Gasteiger partial charge in [-0.2, -0.15) is 0 Å². The zero-order valence-corrected chi connectivity index (χ0v) is 12.5. The predicted octanol–water partition coefficient (Wildman–Crippen LogP) is 3.74. The molecule has 20 heavy (non-hydrogen) atoms. The van der Waals surface area contributed by atoms with Crippen LogP contribution in [0.25, 0.3) is 0 Å². The largest absolute Gasteiger partial charge is 0.489 e. The predicted molar refractivity (Wildman–Crippen MR) is 77.3 cm³/mol. The van der Waals surface area contributed by atoms with Gasteiger partial charge in [0.2, 0.25) is 0 Å². The lowest BCUT2D eigenvalue weighted by atomic mass is 9.85. The van der Waals surface area contributed by atoms with Gasteiger partial charge < -0.3 is 9.84 Å². The van der Waals surface area contributed by atoms with Crippen molar-refractivity contribution in [1.29, 1.82) is 0 Å². The molecule has 1 aliphatic carbocycles. The van der Waals surface area contributed by atoms with Gasteiger partial charge >= 0.3 is 5.97 Å². The summed E-state index contributed by atoms with van der Waals surface area (Å²) in [4.78, 5) is 15.6. The van der Waals surface area contributed by atoms with Crippen LogP contribution in [0.15, 0.2) is 6.07 Å². The average molecular weight is 277 g/mol. The van der Waals surface area contributed by atoms with Crippen molar-refractivity contribution in [2.75, 3.05) is 0 Å². The Balaban J connectivity index is 2.22. The first-order valence-electron chi connectivity index (χ1n) is 7.39. The lowest BCUT2D eigenvalue weighted by Crippen LogP contribution is -2.26. The van der Waals surface area contributed by atoms with Crippen molar-refractivity contribution in [3.8, 4) is 5.75 Å². The van der Waals surface area contributed by atoms with Gasteiger partial charge in [-0.15, -0.1) is 0 Å². The van der Waals surface area contributed by atoms with Crippen LogP contribution < -0.4 is 4.74 Å². The van der Waals surface area contributed by atoms with E-state index in [1.165, 1.54) is 12.8 Å². The smallest absolute Gasteiger partial charge is 0.341 e. The summed E-state index contributed by atoms with van der Waals surface area (Å²) in [7, 11) is 0. The van der Waals surface area contributed by atoms with Gasteiger partial charge in [-0.3, -0.25) is 4.98 Å². The van der Waals surface area contributed by atoms with E-state index < -0.39 is 5.97 Å². The molecule has 0 spiro atoms. The van der Waals surface area contributed by atoms with Crippen molar-refractivity contribution in [1.82, 2.24) is 4.98 Å². The highest BCUT2D eigenvalue weighted by Crippen LogP contribution is 2.31. The second kappa shape index (κ2) is 6.25. The number of hydrogen-bond donors (Lipinski definition) is 1. The molecule has 1 aromatic rings. The van der Waals surface area contributed by atoms with Crippen LogP contribution in [0.5, 0.6) is 5.75 Å². The molecule has 1 saturated carbocycles. The average Bonchev–Trinajstić information content (AvgIpc) is 2.37. The number of carboxylic acids is 1. The molecule has 2 unspecified atom stereocenters. The SMILES string of the molecule is CCC1CCCC(Oc2cc(C)nc(C)c2C(=O)O)C1. The number of aromatic nitrogens is 1. The van der Waals surface area contributed by atoms with Gasteiger partial charge in [-0.1, -0.05) is 19.8 Å². The Labute approximate surface area is 120 Å². The number of carboxylic acid groups (broad SMARTS) is 1. The highest BCUT2D eigenvalue weighted by Gasteiger charge is 2.25. The van der Waals surface area contributed by atoms with E-state index in [4.69, 9.17) is 4.74 Å². The van der Waals surface area contributed by atoms with E-state index >= 15 is 0 Å². The molecule has 0 bridgehead atoms. The third kappa shape index (κ3) is 3.30. The van der Waals surface area contributed by atoms with Gasteiger partial charge in [0.25, 0.3) is 0 Å². The molecule has 1 fully saturated rings. The van der Waals surface area contributed by atoms with Crippen LogP contribution in [0, 0.1) is 19.8 Å². The van der Waals surface area contributed by atoms with E-state index in [0.717, 1.165) is 25.0 Å². The number of ether oxygens (including phenoxy) is 1. The van der Waals surface area contributed by atoms with Gasteiger partial charge in [0.1, 0.15) is 11.3 Å². The summed E-state index contributed by atoms with van der Waals surface area (Å²) in [5.41, 5.74) is 1.52. The monoisotopic (exact) mass is 277 g/mol. The Morgan fingerprint density at radius 1 is 1.45 bits per heavy atom. The van der Waals surface area contributed by atoms with Crippen molar-refractivity contribution in [2.45, 2.75) is 59.0 Å². The molecule has 2 rings (SSSR count). The van der Waals surface area contributed by atoms with Gasteiger partial charge in [0.05, 0.1) is 11.8 Å². The summed E-state index contributed by atoms with van der Waals surface area (Å²) < 4.78 is 6.02. The molecule has 0 radical (unpaired) electrons. The first-order chi connectivity index (χ1) is 9.51. The van der Waals surface area contributed by atoms with Crippen molar-refractivity contribution in [2.24, 2.45) is 5.92 Å². The van der Waals surface area contributed by atoms with Gasteiger partial charge in [-0.05, 0) is 39.0 Å². The maximum Gasteiger partial charge on any atom is 0.341 e. The molecule has 4 nitrogen and oxygen atoms in total. The normalized spacial score (nSPS) is 22.6. The molecule has 1 N–H and O–H groups in total. The van der Waals surface area contributed by atoms with Crippen LogP contribution in [0.4, 0.5) is 0 Å². The second-order valence-electron chi connectivity index (χ2n) is 5.71. The molecule has 1 aliphatic rings. The number of aryl methyl sites for hydroxylation is 2. The number of nitrogens with zero attached hydrogens (tertiary/aromatic N) is 1. The molecule has 0 aliphatic heterocycles. The van der Waals surface area contributed by atoms with E-state index in [1.807, 2.05) is 6.92 Å². The highest BCUT2D eigenvalue weighted by atomic mass is 16.5. The molecule has 110 valence electrons. The summed E-state index contributed by atoms with van der Waals surface area (Å²) in [6.07, 6.45) is 5.75. The topological polar surface area (TPSA) is 59.4 Å². The summed E-state index contributed by atoms with van der Waals surface area (Å²) >= 11 is 0. The zero-order chi connectivity index (χ0) is 14.7. The first kappa shape index (κ1) is 14.8. The number of hydrogen-bond acceptors (Lipinski definition) is 3. The minimum absolute atomic E-state index is 0.132. The summed E-state index contributed by atoms with van der Waals surface area (Å²) in [6.45, 7) is 5.79. The lowest BCUT2D eigenvalue weighted by Gasteiger charge is -2.29. The van der Waals surface area contributed by atoms with E-state index in [2.05, 4.69) is 11.9 Å². The third-order valence-electron chi connectivity index (χ3n) is 4.11. The Hall–Kier alpha value is -1.58. The van der Waals surface area contributed by atoms with Gasteiger partial charge in [0.15, 0.2) is 0 Å². The molecule has 0 amide bonds. The first-order valence-corrected chi connectivity index (χ1v) is 7.39. The summed E-state index contributed by atoms with van der Waals surface area (Å²) in [6, 6.07) is 1.74. The minimum atomic E-state index is -0.965. The summed E-state index contributed by atoms with van der Waals surface area (Å²) in [5, 5.41) is 9.35. The Morgan fingerprint density at radius 2 is 2.20 bits per heavy atom. The van der Waals surface area contributed by atoms with Crippen LogP contribution in [0.1, 0.15) is 60.8 Å². The van der Waals surface area contributed by atoms with E-state index in [-0.39, 0.29) is 11.7 Å². The second-order valence-corrected chi connectivity index (χ2v) is 5.71. The fourth-order valence-corrected chi connectivity index (χ4v) is 3.05. The van der Waals surface area contributed by atoms with E-state index in [1.54, 1.807) is 13.0 Å². The van der Waals surface area contributed by atoms with Gasteiger partial charge in [0, 0.05) is 11.8 Å². The maximum absolute atomic E-state index is 11.4. The molecular formula is C16H23NO3. The fraction of sp³-hybridized carbons (Fsp3) is 0.625. The molecule has 0 saturated heterocycles. The quantitative estimate of drug-likeness (QED) is 0.910. The van der Waals surface area contributed by atoms with E-state index in [0.29, 0.717) is 17.4 Å². The van der Waals surface area contributed by atoms with Crippen molar-refractivity contribution in [3.63, 3.8) is 0 Å². The molecule has 1 heterocycles. The van der Waals surface area contributed by atoms with Crippen molar-refractivity contribution in [3.05, 3.63) is 23.0 Å². The lowest BCUT2D eigenvalue weighted by molar-refractivity contribution is 0.0680. The Bertz CT molecular complexity index is 499. The van der Waals surface area contributed by atoms with Crippen LogP contribution >= 0.6 is 0 Å². The van der Waals surface area contributed by atoms with Crippen LogP contribution in [0.3, 0.4) is 0 Å². The number of aromatic carboxylic acids is 1. The van der Waals surface area contributed by atoms with Crippen LogP contribution in [-0.2, 0) is 0 Å². The molecular weight excluding hydrogens is 254 g/mol. The molecule has 0 aromatic carbocycles. The van der Waals surface area contributed by atoms with Gasteiger partial charge in [-0.25, -0.2) is 4.79 Å². The summed E-state index contributed by atoms with van der Waals surface area (Å²) in [5.74, 6) is 0.211.